The molecule has 0 saturated heterocycles. The number of hydrogen-bond donors (Lipinski definition) is 2. The molecule has 3 N–H and O–H groups in total. The minimum Gasteiger partial charge on any atom is -0.496 e. The molecule has 5 rings (SSSR count). The van der Waals surface area contributed by atoms with Crippen molar-refractivity contribution in [3.63, 3.8) is 0 Å². The normalized spacial score (nSPS) is 12.2. The van der Waals surface area contributed by atoms with E-state index in [0.717, 1.165) is 21.5 Å². The monoisotopic (exact) mass is 529 g/mol. The van der Waals surface area contributed by atoms with E-state index in [0.29, 0.717) is 33.3 Å². The quantitative estimate of drug-likeness (QED) is 0.187. The lowest BCUT2D eigenvalue weighted by molar-refractivity contribution is 0.104. The summed E-state index contributed by atoms with van der Waals surface area (Å²) in [6.45, 7) is 0.211. The Hall–Kier alpha value is -4.05. The largest absolute Gasteiger partial charge is 0.496 e. The number of H-pyrrole nitrogens is 1. The molecule has 1 unspecified atom stereocenters. The second-order valence-electron chi connectivity index (χ2n) is 8.08. The summed E-state index contributed by atoms with van der Waals surface area (Å²) in [5.41, 5.74) is 3.87. The number of nitrogens with one attached hydrogen (secondary N) is 1. The second kappa shape index (κ2) is 10.9. The molecule has 37 heavy (non-hydrogen) atoms. The van der Waals surface area contributed by atoms with Crippen LogP contribution in [0, 0.1) is 0 Å². The van der Waals surface area contributed by atoms with Crippen LogP contribution in [0.5, 0.6) is 11.5 Å². The number of carbonyl (C=O) groups excluding carboxylic acids is 1. The Bertz CT molecular complexity index is 1570. The lowest BCUT2D eigenvalue weighted by Crippen LogP contribution is -2.03. The van der Waals surface area contributed by atoms with Crippen molar-refractivity contribution in [2.45, 2.75) is 11.5 Å². The molecule has 0 bridgehead atoms. The van der Waals surface area contributed by atoms with Crippen LogP contribution in [0.2, 0.25) is 0 Å². The molecular weight excluding hydrogens is 506 g/mol. The van der Waals surface area contributed by atoms with Crippen molar-refractivity contribution in [3.8, 4) is 21.9 Å². The maximum Gasteiger partial charge on any atom is 0.185 e. The van der Waals surface area contributed by atoms with Gasteiger partial charge < -0.3 is 14.5 Å². The Kier molecular flexibility index (Phi) is 7.27. The predicted octanol–water partition coefficient (Wildman–Crippen LogP) is 5.76. The lowest BCUT2D eigenvalue weighted by Gasteiger charge is -2.14. The van der Waals surface area contributed by atoms with E-state index < -0.39 is 11.0 Å². The third kappa shape index (κ3) is 5.54. The van der Waals surface area contributed by atoms with Crippen LogP contribution in [-0.2, 0) is 17.6 Å². The molecule has 186 valence electrons. The molecule has 7 nitrogen and oxygen atoms in total. The third-order valence-corrected chi connectivity index (χ3v) is 7.35. The SMILES string of the molecule is COc1cc(OCc2nc3ccccc3[nH]2)c(/C=C/C(=O)c2ccc(S(N)=O)cc2)cc1-c1cccs1. The minimum absolute atomic E-state index is 0.203. The van der Waals surface area contributed by atoms with E-state index in [1.165, 1.54) is 6.08 Å². The molecule has 2 aromatic heterocycles. The molecule has 9 heteroatoms. The summed E-state index contributed by atoms with van der Waals surface area (Å²) in [6.07, 6.45) is 3.21. The van der Waals surface area contributed by atoms with Crippen LogP contribution in [0.1, 0.15) is 21.7 Å². The third-order valence-electron chi connectivity index (χ3n) is 5.71. The van der Waals surface area contributed by atoms with Gasteiger partial charge in [-0.15, -0.1) is 11.3 Å². The number of allylic oxidation sites excluding steroid dienone is 1. The van der Waals surface area contributed by atoms with Gasteiger partial charge in [0.1, 0.15) is 34.9 Å². The molecule has 0 aliphatic carbocycles. The number of aromatic amines is 1. The average Bonchev–Trinajstić information content (AvgIpc) is 3.60. The number of ether oxygens (including phenoxy) is 2. The van der Waals surface area contributed by atoms with Gasteiger partial charge in [-0.05, 0) is 66.1 Å². The van der Waals surface area contributed by atoms with E-state index in [1.54, 1.807) is 48.8 Å². The van der Waals surface area contributed by atoms with Gasteiger partial charge in [0.2, 0.25) is 0 Å². The van der Waals surface area contributed by atoms with Gasteiger partial charge in [-0.3, -0.25) is 4.79 Å². The smallest absolute Gasteiger partial charge is 0.185 e. The van der Waals surface area contributed by atoms with Gasteiger partial charge in [-0.25, -0.2) is 14.3 Å². The Morgan fingerprint density at radius 3 is 2.59 bits per heavy atom. The first-order chi connectivity index (χ1) is 18.0. The van der Waals surface area contributed by atoms with Gasteiger partial charge >= 0.3 is 0 Å². The molecule has 0 aliphatic rings. The summed E-state index contributed by atoms with van der Waals surface area (Å²) in [5.74, 6) is 1.70. The fourth-order valence-corrected chi connectivity index (χ4v) is 5.01. The number of nitrogens with zero attached hydrogens (tertiary/aromatic N) is 1. The number of benzene rings is 3. The fraction of sp³-hybridized carbons (Fsp3) is 0.0714. The molecule has 0 radical (unpaired) electrons. The van der Waals surface area contributed by atoms with Gasteiger partial charge in [0.05, 0.1) is 23.0 Å². The number of para-hydroxylation sites is 2. The van der Waals surface area contributed by atoms with Crippen molar-refractivity contribution < 1.29 is 18.5 Å². The van der Waals surface area contributed by atoms with Crippen molar-refractivity contribution in [1.82, 2.24) is 9.97 Å². The van der Waals surface area contributed by atoms with Crippen LogP contribution in [0.4, 0.5) is 0 Å². The highest BCUT2D eigenvalue weighted by Gasteiger charge is 2.14. The van der Waals surface area contributed by atoms with Gasteiger partial charge in [0.25, 0.3) is 0 Å². The first-order valence-electron chi connectivity index (χ1n) is 11.3. The van der Waals surface area contributed by atoms with Gasteiger partial charge in [0, 0.05) is 27.6 Å². The van der Waals surface area contributed by atoms with Gasteiger partial charge in [-0.2, -0.15) is 0 Å². The lowest BCUT2D eigenvalue weighted by atomic mass is 10.0. The molecule has 0 spiro atoms. The zero-order valence-corrected chi connectivity index (χ0v) is 21.5. The number of fused-ring (bicyclic) bond motifs is 1. The number of aromatic nitrogens is 2. The molecule has 5 aromatic rings. The van der Waals surface area contributed by atoms with Crippen LogP contribution in [0.3, 0.4) is 0 Å². The number of ketones is 1. The Morgan fingerprint density at radius 1 is 1.08 bits per heavy atom. The van der Waals surface area contributed by atoms with E-state index >= 15 is 0 Å². The van der Waals surface area contributed by atoms with E-state index in [9.17, 15) is 9.00 Å². The number of carbonyl (C=O) groups is 1. The summed E-state index contributed by atoms with van der Waals surface area (Å²) in [7, 11) is 0.0217. The molecule has 2 heterocycles. The van der Waals surface area contributed by atoms with Gasteiger partial charge in [0.15, 0.2) is 5.78 Å². The van der Waals surface area contributed by atoms with E-state index in [4.69, 9.17) is 14.6 Å². The van der Waals surface area contributed by atoms with Crippen LogP contribution in [0.25, 0.3) is 27.6 Å². The molecule has 0 amide bonds. The summed E-state index contributed by atoms with van der Waals surface area (Å²) in [4.78, 5) is 22.2. The van der Waals surface area contributed by atoms with Crippen molar-refractivity contribution in [3.05, 3.63) is 101 Å². The van der Waals surface area contributed by atoms with Gasteiger partial charge in [-0.1, -0.05) is 18.2 Å². The topological polar surface area (TPSA) is 107 Å². The molecule has 3 aromatic carbocycles. The summed E-state index contributed by atoms with van der Waals surface area (Å²) in [6, 6.07) is 21.9. The van der Waals surface area contributed by atoms with Crippen LogP contribution >= 0.6 is 11.3 Å². The molecule has 1 atom stereocenters. The van der Waals surface area contributed by atoms with Crippen molar-refractivity contribution in [1.29, 1.82) is 0 Å². The predicted molar refractivity (Wildman–Crippen MR) is 147 cm³/mol. The molecule has 0 fully saturated rings. The highest BCUT2D eigenvalue weighted by atomic mass is 32.2. The summed E-state index contributed by atoms with van der Waals surface area (Å²) >= 11 is 1.60. The average molecular weight is 530 g/mol. The van der Waals surface area contributed by atoms with Crippen molar-refractivity contribution >= 4 is 45.2 Å². The van der Waals surface area contributed by atoms with Crippen molar-refractivity contribution in [2.24, 2.45) is 5.14 Å². The molecule has 0 aliphatic heterocycles. The molecule has 0 saturated carbocycles. The number of hydrogen-bond acceptors (Lipinski definition) is 6. The first-order valence-corrected chi connectivity index (χ1v) is 13.4. The number of methoxy groups -OCH3 is 1. The van der Waals surface area contributed by atoms with E-state index in [-0.39, 0.29) is 12.4 Å². The fourth-order valence-electron chi connectivity index (χ4n) is 3.86. The van der Waals surface area contributed by atoms with Crippen LogP contribution < -0.4 is 14.6 Å². The Labute approximate surface area is 220 Å². The highest BCUT2D eigenvalue weighted by molar-refractivity contribution is 7.82. The zero-order chi connectivity index (χ0) is 25.8. The Balaban J connectivity index is 1.46. The first kappa shape index (κ1) is 24.6. The number of rotatable bonds is 9. The van der Waals surface area contributed by atoms with Crippen LogP contribution in [-0.4, -0.2) is 27.1 Å². The highest BCUT2D eigenvalue weighted by Crippen LogP contribution is 2.39. The van der Waals surface area contributed by atoms with E-state index in [2.05, 4.69) is 9.97 Å². The summed E-state index contributed by atoms with van der Waals surface area (Å²) in [5, 5.41) is 7.40. The summed E-state index contributed by atoms with van der Waals surface area (Å²) < 4.78 is 23.3. The van der Waals surface area contributed by atoms with Crippen LogP contribution in [0.15, 0.2) is 89.1 Å². The molecular formula is C28H23N3O4S2. The standard InChI is InChI=1S/C28H23N3O4S2/c1-34-26-16-25(35-17-28-30-22-5-2-3-6-23(22)31-28)19(15-21(26)27-7-4-14-36-27)10-13-24(32)18-8-11-20(12-9-18)37(29)33/h2-16H,17,29H2,1H3,(H,30,31)/b13-10+. The van der Waals surface area contributed by atoms with Crippen molar-refractivity contribution in [2.75, 3.05) is 7.11 Å². The zero-order valence-electron chi connectivity index (χ0n) is 19.8. The van der Waals surface area contributed by atoms with E-state index in [1.807, 2.05) is 53.9 Å². The maximum absolute atomic E-state index is 12.9. The Morgan fingerprint density at radius 2 is 1.89 bits per heavy atom. The second-order valence-corrected chi connectivity index (χ2v) is 10.1. The maximum atomic E-state index is 12.9. The minimum atomic E-state index is -1.60. The number of thiophene rings is 1. The number of nitrogens with two attached hydrogens (primary N) is 1. The number of imidazole rings is 1.